The normalized spacial score (nSPS) is 10.9. The highest BCUT2D eigenvalue weighted by molar-refractivity contribution is 7.92. The Hall–Kier alpha value is -4.01. The van der Waals surface area contributed by atoms with Crippen molar-refractivity contribution in [2.75, 3.05) is 4.41 Å². The van der Waals surface area contributed by atoms with Gasteiger partial charge in [-0.25, -0.2) is 10.2 Å². The summed E-state index contributed by atoms with van der Waals surface area (Å²) in [5.41, 5.74) is 3.57. The molecule has 0 atom stereocenters. The maximum Gasteiger partial charge on any atom is 0.432 e. The number of halogens is 1. The van der Waals surface area contributed by atoms with Crippen LogP contribution in [0.1, 0.15) is 5.56 Å². The second-order valence-electron chi connectivity index (χ2n) is 7.31. The van der Waals surface area contributed by atoms with Crippen LogP contribution in [0.25, 0.3) is 0 Å². The van der Waals surface area contributed by atoms with Crippen LogP contribution in [0.4, 0.5) is 10.5 Å². The van der Waals surface area contributed by atoms with E-state index in [1.54, 1.807) is 54.6 Å². The van der Waals surface area contributed by atoms with Crippen molar-refractivity contribution >= 4 is 33.4 Å². The zero-order valence-corrected chi connectivity index (χ0v) is 19.9. The van der Waals surface area contributed by atoms with Crippen LogP contribution < -0.4 is 19.3 Å². The number of para-hydroxylation sites is 1. The Morgan fingerprint density at radius 1 is 0.771 bits per heavy atom. The smallest absolute Gasteiger partial charge is 0.432 e. The number of hydrogen-bond donors (Lipinski definition) is 1. The fourth-order valence-electron chi connectivity index (χ4n) is 3.10. The standard InChI is InChI=1S/C26H21ClN2O5S/c27-21-11-17-25(18-12-21)35(31,32)29(22-9-5-2-6-10-22)28-26(30)34-24-15-13-23(14-16-24)33-19-20-7-3-1-4-8-20/h1-18H,19H2,(H,28,30). The number of benzene rings is 4. The predicted octanol–water partition coefficient (Wildman–Crippen LogP) is 5.82. The van der Waals surface area contributed by atoms with E-state index in [1.165, 1.54) is 24.3 Å². The fraction of sp³-hybridized carbons (Fsp3) is 0.0385. The van der Waals surface area contributed by atoms with E-state index in [0.717, 1.165) is 9.98 Å². The molecular weight excluding hydrogens is 488 g/mol. The van der Waals surface area contributed by atoms with Gasteiger partial charge in [-0.1, -0.05) is 60.1 Å². The SMILES string of the molecule is O=C(NN(c1ccccc1)S(=O)(=O)c1ccc(Cl)cc1)Oc1ccc(OCc2ccccc2)cc1. The molecule has 4 aromatic carbocycles. The first kappa shape index (κ1) is 24.1. The number of amides is 1. The fourth-order valence-corrected chi connectivity index (χ4v) is 4.51. The quantitative estimate of drug-likeness (QED) is 0.303. The number of nitrogens with zero attached hydrogens (tertiary/aromatic N) is 1. The summed E-state index contributed by atoms with van der Waals surface area (Å²) in [5.74, 6) is 0.810. The maximum absolute atomic E-state index is 13.3. The second kappa shape index (κ2) is 10.9. The van der Waals surface area contributed by atoms with Gasteiger partial charge in [-0.05, 0) is 66.2 Å². The molecule has 0 aliphatic rings. The van der Waals surface area contributed by atoms with Crippen LogP contribution in [0.3, 0.4) is 0 Å². The van der Waals surface area contributed by atoms with Gasteiger partial charge in [0.25, 0.3) is 10.0 Å². The van der Waals surface area contributed by atoms with Gasteiger partial charge < -0.3 is 9.47 Å². The van der Waals surface area contributed by atoms with Crippen LogP contribution in [0.5, 0.6) is 11.5 Å². The molecule has 0 aromatic heterocycles. The van der Waals surface area contributed by atoms with Crippen molar-refractivity contribution in [3.63, 3.8) is 0 Å². The van der Waals surface area contributed by atoms with Crippen molar-refractivity contribution in [1.82, 2.24) is 5.43 Å². The number of carbonyl (C=O) groups is 1. The molecule has 0 spiro atoms. The minimum absolute atomic E-state index is 0.0500. The molecule has 0 aliphatic heterocycles. The average molecular weight is 509 g/mol. The monoisotopic (exact) mass is 508 g/mol. The van der Waals surface area contributed by atoms with Crippen LogP contribution in [-0.2, 0) is 16.6 Å². The number of anilines is 1. The van der Waals surface area contributed by atoms with Crippen LogP contribution >= 0.6 is 11.6 Å². The van der Waals surface area contributed by atoms with Crippen molar-refractivity contribution in [2.24, 2.45) is 0 Å². The van der Waals surface area contributed by atoms with Crippen molar-refractivity contribution in [2.45, 2.75) is 11.5 Å². The van der Waals surface area contributed by atoms with Gasteiger partial charge in [0.15, 0.2) is 0 Å². The van der Waals surface area contributed by atoms with Crippen molar-refractivity contribution < 1.29 is 22.7 Å². The molecule has 4 aromatic rings. The molecule has 0 heterocycles. The number of hydrazine groups is 1. The molecule has 178 valence electrons. The Bertz CT molecular complexity index is 1370. The number of sulfonamides is 1. The molecule has 0 unspecified atom stereocenters. The summed E-state index contributed by atoms with van der Waals surface area (Å²) in [6.45, 7) is 0.399. The van der Waals surface area contributed by atoms with E-state index in [4.69, 9.17) is 21.1 Å². The summed E-state index contributed by atoms with van der Waals surface area (Å²) < 4.78 is 38.3. The molecule has 1 amide bonds. The van der Waals surface area contributed by atoms with Gasteiger partial charge in [0, 0.05) is 5.02 Å². The Balaban J connectivity index is 1.46. The molecule has 1 N–H and O–H groups in total. The van der Waals surface area contributed by atoms with E-state index in [9.17, 15) is 13.2 Å². The molecule has 0 saturated heterocycles. The van der Waals surface area contributed by atoms with Crippen LogP contribution in [0.2, 0.25) is 5.02 Å². The Labute approximate surface area is 208 Å². The predicted molar refractivity (Wildman–Crippen MR) is 134 cm³/mol. The Morgan fingerprint density at radius 3 is 1.97 bits per heavy atom. The van der Waals surface area contributed by atoms with Crippen molar-refractivity contribution in [3.05, 3.63) is 120 Å². The molecular formula is C26H21ClN2O5S. The third-order valence-electron chi connectivity index (χ3n) is 4.82. The Kier molecular flexibility index (Phi) is 7.54. The van der Waals surface area contributed by atoms with Gasteiger partial charge >= 0.3 is 6.09 Å². The molecule has 0 bridgehead atoms. The lowest BCUT2D eigenvalue weighted by Crippen LogP contribution is -2.47. The largest absolute Gasteiger partial charge is 0.489 e. The van der Waals surface area contributed by atoms with Gasteiger partial charge in [-0.2, -0.15) is 12.8 Å². The topological polar surface area (TPSA) is 84.9 Å². The average Bonchev–Trinajstić information content (AvgIpc) is 2.88. The maximum atomic E-state index is 13.3. The van der Waals surface area contributed by atoms with Gasteiger partial charge in [-0.15, -0.1) is 0 Å². The molecule has 7 nitrogen and oxygen atoms in total. The Morgan fingerprint density at radius 2 is 1.34 bits per heavy atom. The van der Waals surface area contributed by atoms with E-state index in [2.05, 4.69) is 5.43 Å². The number of nitrogens with one attached hydrogen (secondary N) is 1. The molecule has 9 heteroatoms. The van der Waals surface area contributed by atoms with Crippen LogP contribution in [-0.4, -0.2) is 14.5 Å². The summed E-state index contributed by atoms with van der Waals surface area (Å²) in [6, 6.07) is 29.9. The van der Waals surface area contributed by atoms with Crippen LogP contribution in [0.15, 0.2) is 114 Å². The van der Waals surface area contributed by atoms with Gasteiger partial charge in [-0.3, -0.25) is 0 Å². The number of rotatable bonds is 8. The number of carbonyl (C=O) groups excluding carboxylic acids is 1. The lowest BCUT2D eigenvalue weighted by Gasteiger charge is -2.24. The summed E-state index contributed by atoms with van der Waals surface area (Å²) in [7, 11) is -4.16. The summed E-state index contributed by atoms with van der Waals surface area (Å²) in [4.78, 5) is 12.6. The van der Waals surface area contributed by atoms with E-state index in [1.807, 2.05) is 30.3 Å². The van der Waals surface area contributed by atoms with E-state index >= 15 is 0 Å². The lowest BCUT2D eigenvalue weighted by molar-refractivity contribution is 0.201. The lowest BCUT2D eigenvalue weighted by atomic mass is 10.2. The van der Waals surface area contributed by atoms with Gasteiger partial charge in [0.2, 0.25) is 0 Å². The molecule has 4 rings (SSSR count). The molecule has 0 saturated carbocycles. The highest BCUT2D eigenvalue weighted by Gasteiger charge is 2.27. The van der Waals surface area contributed by atoms with Crippen molar-refractivity contribution in [1.29, 1.82) is 0 Å². The highest BCUT2D eigenvalue weighted by Crippen LogP contribution is 2.24. The highest BCUT2D eigenvalue weighted by atomic mass is 35.5. The molecule has 35 heavy (non-hydrogen) atoms. The van der Waals surface area contributed by atoms with E-state index in [0.29, 0.717) is 17.4 Å². The number of hydrogen-bond acceptors (Lipinski definition) is 5. The minimum atomic E-state index is -4.16. The third kappa shape index (κ3) is 6.32. The molecule has 0 fully saturated rings. The van der Waals surface area contributed by atoms with Crippen LogP contribution in [0, 0.1) is 0 Å². The first-order valence-corrected chi connectivity index (χ1v) is 12.3. The van der Waals surface area contributed by atoms with Gasteiger partial charge in [0.1, 0.15) is 18.1 Å². The first-order chi connectivity index (χ1) is 16.9. The molecule has 0 radical (unpaired) electrons. The van der Waals surface area contributed by atoms with E-state index < -0.39 is 16.1 Å². The molecule has 0 aliphatic carbocycles. The zero-order valence-electron chi connectivity index (χ0n) is 18.4. The van der Waals surface area contributed by atoms with E-state index in [-0.39, 0.29) is 16.3 Å². The number of ether oxygens (including phenoxy) is 2. The minimum Gasteiger partial charge on any atom is -0.489 e. The van der Waals surface area contributed by atoms with Gasteiger partial charge in [0.05, 0.1) is 10.6 Å². The van der Waals surface area contributed by atoms with Crippen molar-refractivity contribution in [3.8, 4) is 11.5 Å². The first-order valence-electron chi connectivity index (χ1n) is 10.5. The summed E-state index contributed by atoms with van der Waals surface area (Å²) in [5, 5.41) is 0.388. The zero-order chi connectivity index (χ0) is 24.7. The second-order valence-corrected chi connectivity index (χ2v) is 9.53. The summed E-state index contributed by atoms with van der Waals surface area (Å²) in [6.07, 6.45) is -0.982. The summed E-state index contributed by atoms with van der Waals surface area (Å²) >= 11 is 5.89. The third-order valence-corrected chi connectivity index (χ3v) is 6.72.